The highest BCUT2D eigenvalue weighted by Crippen LogP contribution is 2.23. The molecule has 1 aromatic carbocycles. The van der Waals surface area contributed by atoms with Crippen LogP contribution in [0.2, 0.25) is 0 Å². The lowest BCUT2D eigenvalue weighted by atomic mass is 10.0. The average molecular weight is 345 g/mol. The summed E-state index contributed by atoms with van der Waals surface area (Å²) in [7, 11) is 0. The molecule has 0 aliphatic heterocycles. The lowest BCUT2D eigenvalue weighted by Gasteiger charge is -2.16. The van der Waals surface area contributed by atoms with Gasteiger partial charge in [0.2, 0.25) is 0 Å². The lowest BCUT2D eigenvalue weighted by Crippen LogP contribution is -2.37. The molecule has 0 spiro atoms. The van der Waals surface area contributed by atoms with Gasteiger partial charge >= 0.3 is 5.97 Å². The summed E-state index contributed by atoms with van der Waals surface area (Å²) in [5, 5.41) is 22.7. The number of carboxylic acid groups (broad SMARTS) is 1. The summed E-state index contributed by atoms with van der Waals surface area (Å²) in [6, 6.07) is 3.80. The molecule has 0 saturated heterocycles. The van der Waals surface area contributed by atoms with Crippen molar-refractivity contribution in [1.29, 1.82) is 0 Å². The van der Waals surface area contributed by atoms with Crippen molar-refractivity contribution in [2.45, 2.75) is 32.9 Å². The summed E-state index contributed by atoms with van der Waals surface area (Å²) in [6.07, 6.45) is 0.528. The van der Waals surface area contributed by atoms with Crippen LogP contribution in [0.1, 0.15) is 25.8 Å². The Labute approximate surface area is 125 Å². The maximum Gasteiger partial charge on any atom is 0.320 e. The van der Waals surface area contributed by atoms with E-state index in [2.05, 4.69) is 21.2 Å². The standard InChI is InChI=1S/C13H17BrN2O4/c1-8(2)5-12(13(17)18)15-7-9-3-4-10(16(19)20)6-11(9)14/h3-4,6,8,12,15H,5,7H2,1-2H3,(H,17,18). The Morgan fingerprint density at radius 2 is 2.15 bits per heavy atom. The topological polar surface area (TPSA) is 92.5 Å². The first kappa shape index (κ1) is 16.6. The summed E-state index contributed by atoms with van der Waals surface area (Å²) >= 11 is 3.26. The molecule has 0 fully saturated rings. The fourth-order valence-electron chi connectivity index (χ4n) is 1.77. The normalized spacial score (nSPS) is 12.4. The second-order valence-corrected chi connectivity index (χ2v) is 5.79. The summed E-state index contributed by atoms with van der Waals surface area (Å²) in [6.45, 7) is 4.25. The number of aliphatic carboxylic acids is 1. The van der Waals surface area contributed by atoms with E-state index in [1.54, 1.807) is 6.07 Å². The molecule has 0 aliphatic rings. The Kier molecular flexibility index (Phi) is 6.09. The first-order valence-corrected chi connectivity index (χ1v) is 6.99. The second kappa shape index (κ2) is 7.35. The van der Waals surface area contributed by atoms with Crippen molar-refractivity contribution >= 4 is 27.6 Å². The minimum Gasteiger partial charge on any atom is -0.480 e. The fourth-order valence-corrected chi connectivity index (χ4v) is 2.28. The van der Waals surface area contributed by atoms with Gasteiger partial charge in [0.25, 0.3) is 5.69 Å². The van der Waals surface area contributed by atoms with Crippen molar-refractivity contribution in [3.63, 3.8) is 0 Å². The van der Waals surface area contributed by atoms with E-state index in [1.807, 2.05) is 13.8 Å². The summed E-state index contributed by atoms with van der Waals surface area (Å²) < 4.78 is 0.591. The molecular formula is C13H17BrN2O4. The largest absolute Gasteiger partial charge is 0.480 e. The molecule has 2 N–H and O–H groups in total. The molecule has 1 unspecified atom stereocenters. The molecule has 0 aromatic heterocycles. The van der Waals surface area contributed by atoms with E-state index in [1.165, 1.54) is 12.1 Å². The third kappa shape index (κ3) is 4.90. The van der Waals surface area contributed by atoms with Crippen LogP contribution in [0, 0.1) is 16.0 Å². The van der Waals surface area contributed by atoms with Gasteiger partial charge in [0.1, 0.15) is 6.04 Å². The van der Waals surface area contributed by atoms with Crippen molar-refractivity contribution < 1.29 is 14.8 Å². The van der Waals surface area contributed by atoms with Crippen LogP contribution in [0.15, 0.2) is 22.7 Å². The van der Waals surface area contributed by atoms with E-state index >= 15 is 0 Å². The summed E-state index contributed by atoms with van der Waals surface area (Å²) in [4.78, 5) is 21.3. The van der Waals surface area contributed by atoms with Gasteiger partial charge in [-0.25, -0.2) is 0 Å². The second-order valence-electron chi connectivity index (χ2n) is 4.93. The zero-order chi connectivity index (χ0) is 15.3. The van der Waals surface area contributed by atoms with Gasteiger partial charge in [-0.15, -0.1) is 0 Å². The molecule has 110 valence electrons. The quantitative estimate of drug-likeness (QED) is 0.585. The molecule has 0 heterocycles. The molecule has 6 nitrogen and oxygen atoms in total. The van der Waals surface area contributed by atoms with Crippen LogP contribution in [0.25, 0.3) is 0 Å². The van der Waals surface area contributed by atoms with Crippen molar-refractivity contribution in [2.24, 2.45) is 5.92 Å². The fraction of sp³-hybridized carbons (Fsp3) is 0.462. The number of carbonyl (C=O) groups is 1. The van der Waals surface area contributed by atoms with Crippen LogP contribution >= 0.6 is 15.9 Å². The Morgan fingerprint density at radius 1 is 1.50 bits per heavy atom. The summed E-state index contributed by atoms with van der Waals surface area (Å²) in [5.41, 5.74) is 0.781. The van der Waals surface area contributed by atoms with Gasteiger partial charge in [0.05, 0.1) is 4.92 Å². The van der Waals surface area contributed by atoms with Crippen LogP contribution in [0.4, 0.5) is 5.69 Å². The van der Waals surface area contributed by atoms with E-state index in [0.717, 1.165) is 5.56 Å². The van der Waals surface area contributed by atoms with Crippen LogP contribution in [0.3, 0.4) is 0 Å². The molecule has 0 amide bonds. The number of hydrogen-bond acceptors (Lipinski definition) is 4. The first-order valence-electron chi connectivity index (χ1n) is 6.20. The molecule has 0 saturated carbocycles. The number of hydrogen-bond donors (Lipinski definition) is 2. The molecule has 0 aliphatic carbocycles. The van der Waals surface area contributed by atoms with Gasteiger partial charge < -0.3 is 10.4 Å². The predicted molar refractivity (Wildman–Crippen MR) is 78.5 cm³/mol. The minimum absolute atomic E-state index is 0.00223. The Balaban J connectivity index is 2.73. The predicted octanol–water partition coefficient (Wildman–Crippen LogP) is 2.95. The van der Waals surface area contributed by atoms with Gasteiger partial charge in [-0.2, -0.15) is 0 Å². The number of halogens is 1. The number of benzene rings is 1. The lowest BCUT2D eigenvalue weighted by molar-refractivity contribution is -0.384. The molecule has 7 heteroatoms. The van der Waals surface area contributed by atoms with Crippen LogP contribution in [0.5, 0.6) is 0 Å². The molecular weight excluding hydrogens is 328 g/mol. The third-order valence-corrected chi connectivity index (χ3v) is 3.53. The minimum atomic E-state index is -0.892. The highest BCUT2D eigenvalue weighted by atomic mass is 79.9. The van der Waals surface area contributed by atoms with Gasteiger partial charge in [0, 0.05) is 23.2 Å². The molecule has 0 radical (unpaired) electrons. The first-order chi connectivity index (χ1) is 9.31. The number of nitro groups is 1. The van der Waals surface area contributed by atoms with Crippen LogP contribution in [-0.2, 0) is 11.3 Å². The number of nitrogens with zero attached hydrogens (tertiary/aromatic N) is 1. The van der Waals surface area contributed by atoms with E-state index in [4.69, 9.17) is 5.11 Å². The van der Waals surface area contributed by atoms with E-state index in [-0.39, 0.29) is 11.6 Å². The van der Waals surface area contributed by atoms with Crippen LogP contribution in [-0.4, -0.2) is 22.0 Å². The zero-order valence-corrected chi connectivity index (χ0v) is 12.9. The maximum absolute atomic E-state index is 11.1. The molecule has 1 aromatic rings. The highest BCUT2D eigenvalue weighted by molar-refractivity contribution is 9.10. The number of rotatable bonds is 7. The van der Waals surface area contributed by atoms with Crippen molar-refractivity contribution in [3.8, 4) is 0 Å². The number of carboxylic acids is 1. The van der Waals surface area contributed by atoms with Gasteiger partial charge in [-0.3, -0.25) is 14.9 Å². The number of non-ortho nitro benzene ring substituents is 1. The third-order valence-electron chi connectivity index (χ3n) is 2.79. The van der Waals surface area contributed by atoms with Crippen molar-refractivity contribution in [2.75, 3.05) is 0 Å². The SMILES string of the molecule is CC(C)CC(NCc1ccc([N+](=O)[O-])cc1Br)C(=O)O. The smallest absolute Gasteiger partial charge is 0.320 e. The van der Waals surface area contributed by atoms with E-state index in [0.29, 0.717) is 17.4 Å². The van der Waals surface area contributed by atoms with E-state index < -0.39 is 16.9 Å². The van der Waals surface area contributed by atoms with Crippen LogP contribution < -0.4 is 5.32 Å². The molecule has 20 heavy (non-hydrogen) atoms. The highest BCUT2D eigenvalue weighted by Gasteiger charge is 2.18. The van der Waals surface area contributed by atoms with Crippen molar-refractivity contribution in [3.05, 3.63) is 38.3 Å². The number of nitro benzene ring substituents is 1. The monoisotopic (exact) mass is 344 g/mol. The van der Waals surface area contributed by atoms with Gasteiger partial charge in [-0.1, -0.05) is 29.8 Å². The maximum atomic E-state index is 11.1. The summed E-state index contributed by atoms with van der Waals surface area (Å²) in [5.74, 6) is -0.624. The average Bonchev–Trinajstić information content (AvgIpc) is 2.34. The zero-order valence-electron chi connectivity index (χ0n) is 11.3. The Morgan fingerprint density at radius 3 is 2.60 bits per heavy atom. The Bertz CT molecular complexity index is 505. The van der Waals surface area contributed by atoms with E-state index in [9.17, 15) is 14.9 Å². The Hall–Kier alpha value is -1.47. The molecule has 1 atom stereocenters. The van der Waals surface area contributed by atoms with Gasteiger partial charge in [0.15, 0.2) is 0 Å². The van der Waals surface area contributed by atoms with Crippen molar-refractivity contribution in [1.82, 2.24) is 5.32 Å². The van der Waals surface area contributed by atoms with Gasteiger partial charge in [-0.05, 0) is 24.0 Å². The molecule has 0 bridgehead atoms. The molecule has 1 rings (SSSR count). The number of nitrogens with one attached hydrogen (secondary N) is 1.